The van der Waals surface area contributed by atoms with Crippen molar-refractivity contribution in [1.82, 2.24) is 9.38 Å². The van der Waals surface area contributed by atoms with Gasteiger partial charge < -0.3 is 14.5 Å². The molecule has 0 aliphatic rings. The van der Waals surface area contributed by atoms with E-state index in [2.05, 4.69) is 25.2 Å². The summed E-state index contributed by atoms with van der Waals surface area (Å²) in [6.07, 6.45) is 7.37. The van der Waals surface area contributed by atoms with Gasteiger partial charge in [-0.2, -0.15) is 0 Å². The van der Waals surface area contributed by atoms with Crippen molar-refractivity contribution in [2.24, 2.45) is 0 Å². The SMILES string of the molecule is CCCCCOc1ccc(C(=O)Nc2cccc(-c3cn4ccc(C)cc4n3)c2)cc1. The second-order valence-electron chi connectivity index (χ2n) is 7.71. The van der Waals surface area contributed by atoms with Crippen LogP contribution >= 0.6 is 0 Å². The summed E-state index contributed by atoms with van der Waals surface area (Å²) in [6, 6.07) is 19.1. The van der Waals surface area contributed by atoms with Crippen molar-refractivity contribution in [1.29, 1.82) is 0 Å². The molecule has 0 aliphatic heterocycles. The zero-order valence-corrected chi connectivity index (χ0v) is 18.0. The van der Waals surface area contributed by atoms with Gasteiger partial charge in [0.1, 0.15) is 11.4 Å². The molecule has 1 amide bonds. The molecule has 2 heterocycles. The maximum Gasteiger partial charge on any atom is 0.255 e. The van der Waals surface area contributed by atoms with E-state index in [-0.39, 0.29) is 5.91 Å². The highest BCUT2D eigenvalue weighted by atomic mass is 16.5. The molecule has 0 radical (unpaired) electrons. The van der Waals surface area contributed by atoms with Crippen molar-refractivity contribution in [2.45, 2.75) is 33.1 Å². The van der Waals surface area contributed by atoms with Crippen LogP contribution < -0.4 is 10.1 Å². The van der Waals surface area contributed by atoms with Gasteiger partial charge in [0, 0.05) is 29.2 Å². The Hall–Kier alpha value is -3.60. The van der Waals surface area contributed by atoms with Gasteiger partial charge in [0.2, 0.25) is 0 Å². The molecule has 0 fully saturated rings. The third kappa shape index (κ3) is 5.12. The minimum Gasteiger partial charge on any atom is -0.494 e. The van der Waals surface area contributed by atoms with E-state index < -0.39 is 0 Å². The first-order valence-corrected chi connectivity index (χ1v) is 10.7. The van der Waals surface area contributed by atoms with Gasteiger partial charge >= 0.3 is 0 Å². The number of imidazole rings is 1. The monoisotopic (exact) mass is 413 g/mol. The average molecular weight is 414 g/mol. The quantitative estimate of drug-likeness (QED) is 0.354. The van der Waals surface area contributed by atoms with E-state index in [0.717, 1.165) is 41.2 Å². The lowest BCUT2D eigenvalue weighted by atomic mass is 10.1. The molecule has 5 nitrogen and oxygen atoms in total. The van der Waals surface area contributed by atoms with Gasteiger partial charge in [0.25, 0.3) is 5.91 Å². The van der Waals surface area contributed by atoms with Gasteiger partial charge in [-0.05, 0) is 67.4 Å². The number of aryl methyl sites for hydroxylation is 1. The summed E-state index contributed by atoms with van der Waals surface area (Å²) in [5.74, 6) is 0.636. The smallest absolute Gasteiger partial charge is 0.255 e. The molecule has 0 atom stereocenters. The number of aromatic nitrogens is 2. The second kappa shape index (κ2) is 9.47. The summed E-state index contributed by atoms with van der Waals surface area (Å²) in [4.78, 5) is 17.4. The molecule has 2 aromatic heterocycles. The minimum absolute atomic E-state index is 0.152. The highest BCUT2D eigenvalue weighted by Gasteiger charge is 2.09. The van der Waals surface area contributed by atoms with Gasteiger partial charge in [-0.15, -0.1) is 0 Å². The lowest BCUT2D eigenvalue weighted by Crippen LogP contribution is -2.11. The number of amides is 1. The molecule has 5 heteroatoms. The van der Waals surface area contributed by atoms with Crippen molar-refractivity contribution in [3.63, 3.8) is 0 Å². The second-order valence-corrected chi connectivity index (χ2v) is 7.71. The van der Waals surface area contributed by atoms with Gasteiger partial charge in [0.05, 0.1) is 12.3 Å². The summed E-state index contributed by atoms with van der Waals surface area (Å²) < 4.78 is 7.72. The van der Waals surface area contributed by atoms with Crippen molar-refractivity contribution < 1.29 is 9.53 Å². The molecule has 0 bridgehead atoms. The molecule has 2 aromatic carbocycles. The Morgan fingerprint density at radius 2 is 1.90 bits per heavy atom. The number of hydrogen-bond donors (Lipinski definition) is 1. The number of rotatable bonds is 8. The highest BCUT2D eigenvalue weighted by molar-refractivity contribution is 6.04. The van der Waals surface area contributed by atoms with Crippen molar-refractivity contribution in [2.75, 3.05) is 11.9 Å². The van der Waals surface area contributed by atoms with Crippen molar-refractivity contribution in [3.8, 4) is 17.0 Å². The van der Waals surface area contributed by atoms with Crippen LogP contribution in [-0.2, 0) is 0 Å². The van der Waals surface area contributed by atoms with Gasteiger partial charge in [-0.25, -0.2) is 4.98 Å². The first kappa shape index (κ1) is 20.7. The van der Waals surface area contributed by atoms with Crippen LogP contribution in [0.4, 0.5) is 5.69 Å². The summed E-state index contributed by atoms with van der Waals surface area (Å²) in [5.41, 5.74) is 5.22. The lowest BCUT2D eigenvalue weighted by Gasteiger charge is -2.08. The molecule has 0 unspecified atom stereocenters. The van der Waals surface area contributed by atoms with E-state index in [1.807, 2.05) is 59.3 Å². The van der Waals surface area contributed by atoms with E-state index in [4.69, 9.17) is 9.72 Å². The number of nitrogens with zero attached hydrogens (tertiary/aromatic N) is 2. The first-order valence-electron chi connectivity index (χ1n) is 10.7. The maximum absolute atomic E-state index is 12.7. The fourth-order valence-electron chi connectivity index (χ4n) is 3.43. The van der Waals surface area contributed by atoms with Crippen molar-refractivity contribution in [3.05, 3.63) is 84.2 Å². The Morgan fingerprint density at radius 1 is 1.06 bits per heavy atom. The highest BCUT2D eigenvalue weighted by Crippen LogP contribution is 2.23. The molecular weight excluding hydrogens is 386 g/mol. The molecule has 4 aromatic rings. The molecule has 0 saturated carbocycles. The zero-order chi connectivity index (χ0) is 21.6. The summed E-state index contributed by atoms with van der Waals surface area (Å²) in [6.45, 7) is 4.92. The number of hydrogen-bond acceptors (Lipinski definition) is 3. The molecule has 158 valence electrons. The molecule has 0 aliphatic carbocycles. The number of ether oxygens (including phenoxy) is 1. The van der Waals surface area contributed by atoms with Crippen LogP contribution in [0.3, 0.4) is 0 Å². The van der Waals surface area contributed by atoms with Crippen LogP contribution in [0, 0.1) is 6.92 Å². The van der Waals surface area contributed by atoms with Gasteiger partial charge in [-0.3, -0.25) is 4.79 Å². The van der Waals surface area contributed by atoms with Crippen LogP contribution in [0.1, 0.15) is 42.1 Å². The predicted octanol–water partition coefficient (Wildman–Crippen LogP) is 6.13. The van der Waals surface area contributed by atoms with Gasteiger partial charge in [-0.1, -0.05) is 31.9 Å². The number of anilines is 1. The fraction of sp³-hybridized carbons (Fsp3) is 0.231. The van der Waals surface area contributed by atoms with Crippen LogP contribution in [0.2, 0.25) is 0 Å². The molecule has 31 heavy (non-hydrogen) atoms. The van der Waals surface area contributed by atoms with Crippen molar-refractivity contribution >= 4 is 17.2 Å². The van der Waals surface area contributed by atoms with Crippen LogP contribution in [-0.4, -0.2) is 21.9 Å². The average Bonchev–Trinajstić information content (AvgIpc) is 3.20. The van der Waals surface area contributed by atoms with E-state index in [0.29, 0.717) is 12.2 Å². The standard InChI is InChI=1S/C26H27N3O2/c1-3-4-5-15-31-23-11-9-20(10-12-23)26(30)27-22-8-6-7-21(17-22)24-18-29-14-13-19(2)16-25(29)28-24/h6-14,16-18H,3-5,15H2,1-2H3,(H,27,30). The number of fused-ring (bicyclic) bond motifs is 1. The third-order valence-electron chi connectivity index (χ3n) is 5.17. The Balaban J connectivity index is 1.44. The largest absolute Gasteiger partial charge is 0.494 e. The number of carbonyl (C=O) groups is 1. The molecule has 0 spiro atoms. The van der Waals surface area contributed by atoms with E-state index >= 15 is 0 Å². The number of unbranched alkanes of at least 4 members (excludes halogenated alkanes) is 2. The Bertz CT molecular complexity index is 1180. The maximum atomic E-state index is 12.7. The normalized spacial score (nSPS) is 10.9. The number of pyridine rings is 1. The summed E-state index contributed by atoms with van der Waals surface area (Å²) in [5, 5.41) is 2.98. The third-order valence-corrected chi connectivity index (χ3v) is 5.17. The number of nitrogens with one attached hydrogen (secondary N) is 1. The predicted molar refractivity (Wildman–Crippen MR) is 125 cm³/mol. The molecule has 1 N–H and O–H groups in total. The van der Waals surface area contributed by atoms with E-state index in [9.17, 15) is 4.79 Å². The molecule has 4 rings (SSSR count). The Labute approximate surface area is 182 Å². The van der Waals surface area contributed by atoms with E-state index in [1.165, 1.54) is 12.0 Å². The first-order chi connectivity index (χ1) is 15.1. The number of carbonyl (C=O) groups excluding carboxylic acids is 1. The molecular formula is C26H27N3O2. The zero-order valence-electron chi connectivity index (χ0n) is 18.0. The lowest BCUT2D eigenvalue weighted by molar-refractivity contribution is 0.102. The summed E-state index contributed by atoms with van der Waals surface area (Å²) in [7, 11) is 0. The Kier molecular flexibility index (Phi) is 6.32. The minimum atomic E-state index is -0.152. The topological polar surface area (TPSA) is 55.6 Å². The Morgan fingerprint density at radius 3 is 2.71 bits per heavy atom. The van der Waals surface area contributed by atoms with Crippen LogP contribution in [0.5, 0.6) is 5.75 Å². The van der Waals surface area contributed by atoms with E-state index in [1.54, 1.807) is 12.1 Å². The van der Waals surface area contributed by atoms with Crippen LogP contribution in [0.25, 0.3) is 16.9 Å². The fourth-order valence-corrected chi connectivity index (χ4v) is 3.43. The summed E-state index contributed by atoms with van der Waals surface area (Å²) >= 11 is 0. The number of benzene rings is 2. The van der Waals surface area contributed by atoms with Gasteiger partial charge in [0.15, 0.2) is 0 Å². The molecule has 0 saturated heterocycles. The van der Waals surface area contributed by atoms with Crippen LogP contribution in [0.15, 0.2) is 73.1 Å².